The Labute approximate surface area is 58.7 Å². The topological polar surface area (TPSA) is 48.2 Å². The Morgan fingerprint density at radius 1 is 1.60 bits per heavy atom. The van der Waals surface area contributed by atoms with Gasteiger partial charge in [0.1, 0.15) is 6.61 Å². The molecule has 3 aliphatic rings. The quantitative estimate of drug-likeness (QED) is 0.399. The number of carbonyl (C=O) groups is 1. The van der Waals surface area contributed by atoms with Crippen molar-refractivity contribution in [3.05, 3.63) is 0 Å². The van der Waals surface area contributed by atoms with E-state index in [9.17, 15) is 4.79 Å². The van der Waals surface area contributed by atoms with E-state index in [4.69, 9.17) is 4.74 Å². The molecule has 1 N–H and O–H groups in total. The van der Waals surface area contributed by atoms with Gasteiger partial charge in [-0.15, -0.1) is 0 Å². The van der Waals surface area contributed by atoms with Gasteiger partial charge in [0, 0.05) is 6.04 Å². The van der Waals surface area contributed by atoms with Crippen molar-refractivity contribution in [2.24, 2.45) is 5.92 Å². The predicted molar refractivity (Wildman–Crippen MR) is 33.3 cm³/mol. The van der Waals surface area contributed by atoms with Gasteiger partial charge >= 0.3 is 5.97 Å². The van der Waals surface area contributed by atoms with Crippen molar-refractivity contribution in [2.75, 3.05) is 6.61 Å². The average Bonchev–Trinajstić information content (AvgIpc) is 2.72. The predicted octanol–water partition coefficient (Wildman–Crippen LogP) is -0.336. The zero-order valence-corrected chi connectivity index (χ0v) is 5.59. The van der Waals surface area contributed by atoms with Crippen LogP contribution in [0.25, 0.3) is 0 Å². The molecule has 2 atom stereocenters. The molecular weight excluding hydrogens is 130 g/mol. The second-order valence-corrected chi connectivity index (χ2v) is 3.51. The Kier molecular flexibility index (Phi) is 0.632. The first-order valence-corrected chi connectivity index (χ1v) is 3.78. The Morgan fingerprint density at radius 2 is 2.40 bits per heavy atom. The molecule has 1 spiro atoms. The van der Waals surface area contributed by atoms with Crippen molar-refractivity contribution in [2.45, 2.75) is 24.4 Å². The molecule has 2 heterocycles. The number of hydrogen-bond donors (Lipinski definition) is 1. The third kappa shape index (κ3) is 0.408. The second-order valence-electron chi connectivity index (χ2n) is 3.51. The van der Waals surface area contributed by atoms with Gasteiger partial charge in [-0.3, -0.25) is 5.32 Å². The van der Waals surface area contributed by atoms with Gasteiger partial charge in [-0.2, -0.15) is 0 Å². The number of rotatable bonds is 1. The summed E-state index contributed by atoms with van der Waals surface area (Å²) in [5.74, 6) is 0.761. The largest absolute Gasteiger partial charge is 0.461 e. The summed E-state index contributed by atoms with van der Waals surface area (Å²) in [5, 5.41) is 3.22. The molecule has 2 aliphatic heterocycles. The van der Waals surface area contributed by atoms with Crippen LogP contribution >= 0.6 is 0 Å². The Bertz CT molecular complexity index is 212. The lowest BCUT2D eigenvalue weighted by Crippen LogP contribution is -2.48. The molecule has 0 radical (unpaired) electrons. The fourth-order valence-corrected chi connectivity index (χ4v) is 1.79. The van der Waals surface area contributed by atoms with Crippen LogP contribution in [0.2, 0.25) is 0 Å². The fourth-order valence-electron chi connectivity index (χ4n) is 1.79. The molecule has 0 aromatic rings. The van der Waals surface area contributed by atoms with E-state index in [2.05, 4.69) is 5.32 Å². The zero-order valence-electron chi connectivity index (χ0n) is 5.59. The highest BCUT2D eigenvalue weighted by atomic mass is 16.6. The molecule has 1 aliphatic carbocycles. The van der Waals surface area contributed by atoms with E-state index in [0.29, 0.717) is 12.6 Å². The summed E-state index contributed by atoms with van der Waals surface area (Å²) >= 11 is 0. The van der Waals surface area contributed by atoms with Crippen molar-refractivity contribution in [3.8, 4) is 0 Å². The monoisotopic (exact) mass is 139 g/mol. The molecule has 0 amide bonds. The minimum absolute atomic E-state index is 0.0237. The molecule has 0 bridgehead atoms. The molecule has 3 nitrogen and oxygen atoms in total. The van der Waals surface area contributed by atoms with Crippen LogP contribution in [-0.4, -0.2) is 24.2 Å². The molecule has 1 saturated carbocycles. The Hall–Kier alpha value is -0.570. The Morgan fingerprint density at radius 3 is 2.70 bits per heavy atom. The summed E-state index contributed by atoms with van der Waals surface area (Å²) in [4.78, 5) is 10.9. The van der Waals surface area contributed by atoms with Gasteiger partial charge in [0.25, 0.3) is 0 Å². The van der Waals surface area contributed by atoms with Crippen LogP contribution < -0.4 is 5.32 Å². The number of ether oxygens (including phenoxy) is 1. The van der Waals surface area contributed by atoms with E-state index in [0.717, 1.165) is 5.92 Å². The van der Waals surface area contributed by atoms with Crippen molar-refractivity contribution in [3.63, 3.8) is 0 Å². The van der Waals surface area contributed by atoms with E-state index >= 15 is 0 Å². The summed E-state index contributed by atoms with van der Waals surface area (Å²) in [6.07, 6.45) is 2.60. The van der Waals surface area contributed by atoms with Gasteiger partial charge in [0.05, 0.1) is 0 Å². The lowest BCUT2D eigenvalue weighted by molar-refractivity contribution is -0.164. The van der Waals surface area contributed by atoms with Crippen LogP contribution in [0, 0.1) is 5.92 Å². The summed E-state index contributed by atoms with van der Waals surface area (Å²) in [6, 6.07) is 0.480. The molecular formula is C7H9NO2. The summed E-state index contributed by atoms with van der Waals surface area (Å²) < 4.78 is 4.72. The molecule has 54 valence electrons. The second kappa shape index (κ2) is 1.23. The van der Waals surface area contributed by atoms with Crippen LogP contribution in [0.1, 0.15) is 12.8 Å². The molecule has 3 heteroatoms. The fraction of sp³-hybridized carbons (Fsp3) is 0.857. The van der Waals surface area contributed by atoms with Gasteiger partial charge in [0.15, 0.2) is 5.54 Å². The standard InChI is InChI=1S/C7H9NO2/c9-6-7(3-10-6)5(8-7)4-1-2-4/h4-5,8H,1-3H2/t5-,7?/m0/s1. The number of nitrogens with one attached hydrogen (secondary N) is 1. The average molecular weight is 139 g/mol. The number of carbonyl (C=O) groups excluding carboxylic acids is 1. The first kappa shape index (κ1) is 5.13. The van der Waals surface area contributed by atoms with E-state index < -0.39 is 0 Å². The number of hydrogen-bond acceptors (Lipinski definition) is 3. The highest BCUT2D eigenvalue weighted by molar-refractivity contribution is 5.91. The summed E-state index contributed by atoms with van der Waals surface area (Å²) in [6.45, 7) is 0.618. The summed E-state index contributed by atoms with van der Waals surface area (Å²) in [7, 11) is 0. The lowest BCUT2D eigenvalue weighted by Gasteiger charge is -2.23. The van der Waals surface area contributed by atoms with Gasteiger partial charge in [-0.1, -0.05) is 0 Å². The maximum Gasteiger partial charge on any atom is 0.331 e. The molecule has 10 heavy (non-hydrogen) atoms. The maximum atomic E-state index is 10.9. The number of cyclic esters (lactones) is 1. The van der Waals surface area contributed by atoms with Crippen LogP contribution in [0.4, 0.5) is 0 Å². The Balaban J connectivity index is 1.79. The highest BCUT2D eigenvalue weighted by Gasteiger charge is 2.71. The highest BCUT2D eigenvalue weighted by Crippen LogP contribution is 2.48. The minimum Gasteiger partial charge on any atom is -0.461 e. The van der Waals surface area contributed by atoms with Gasteiger partial charge < -0.3 is 4.74 Å². The minimum atomic E-state index is -0.179. The maximum absolute atomic E-state index is 10.9. The van der Waals surface area contributed by atoms with Crippen LogP contribution in [0.3, 0.4) is 0 Å². The first-order valence-electron chi connectivity index (χ1n) is 3.78. The third-order valence-electron chi connectivity index (χ3n) is 2.75. The number of esters is 1. The molecule has 1 unspecified atom stereocenters. The molecule has 3 fully saturated rings. The smallest absolute Gasteiger partial charge is 0.331 e. The van der Waals surface area contributed by atoms with Crippen molar-refractivity contribution < 1.29 is 9.53 Å². The van der Waals surface area contributed by atoms with Crippen LogP contribution in [0.5, 0.6) is 0 Å². The van der Waals surface area contributed by atoms with E-state index in [1.807, 2.05) is 0 Å². The van der Waals surface area contributed by atoms with Gasteiger partial charge in [0.2, 0.25) is 0 Å². The van der Waals surface area contributed by atoms with E-state index in [-0.39, 0.29) is 11.5 Å². The zero-order chi connectivity index (χ0) is 6.77. The first-order chi connectivity index (χ1) is 4.83. The van der Waals surface area contributed by atoms with Gasteiger partial charge in [-0.25, -0.2) is 4.79 Å². The van der Waals surface area contributed by atoms with E-state index in [1.54, 1.807) is 0 Å². The normalized spacial score (nSPS) is 50.4. The molecule has 0 aromatic heterocycles. The van der Waals surface area contributed by atoms with Crippen molar-refractivity contribution in [1.29, 1.82) is 0 Å². The van der Waals surface area contributed by atoms with E-state index in [1.165, 1.54) is 12.8 Å². The van der Waals surface area contributed by atoms with Crippen molar-refractivity contribution >= 4 is 5.97 Å². The SMILES string of the molecule is O=C1OCC12N[C@H]2C1CC1. The molecule has 2 saturated heterocycles. The van der Waals surface area contributed by atoms with Crippen molar-refractivity contribution in [1.82, 2.24) is 5.32 Å². The van der Waals surface area contributed by atoms with Crippen LogP contribution in [0.15, 0.2) is 0 Å². The molecule has 3 rings (SSSR count). The van der Waals surface area contributed by atoms with Crippen LogP contribution in [-0.2, 0) is 9.53 Å². The third-order valence-corrected chi connectivity index (χ3v) is 2.75. The lowest BCUT2D eigenvalue weighted by atomic mass is 10.00. The van der Waals surface area contributed by atoms with Gasteiger partial charge in [-0.05, 0) is 18.8 Å². The molecule has 0 aromatic carbocycles. The summed E-state index contributed by atoms with van der Waals surface area (Å²) in [5.41, 5.74) is -0.179.